The van der Waals surface area contributed by atoms with E-state index in [1.54, 1.807) is 18.5 Å². The number of fused-ring (bicyclic) bond motifs is 1. The Kier molecular flexibility index (Phi) is 8.79. The number of hydrogen-bond donors (Lipinski definition) is 1. The molecule has 11 heteroatoms. The number of amides is 1. The molecule has 39 heavy (non-hydrogen) atoms. The molecule has 5 rings (SSSR count). The van der Waals surface area contributed by atoms with E-state index >= 15 is 0 Å². The first kappa shape index (κ1) is 27.5. The van der Waals surface area contributed by atoms with Gasteiger partial charge < -0.3 is 20.3 Å². The summed E-state index contributed by atoms with van der Waals surface area (Å²) in [6, 6.07) is 2.15. The maximum Gasteiger partial charge on any atom is 0.223 e. The Morgan fingerprint density at radius 1 is 1.08 bits per heavy atom. The van der Waals surface area contributed by atoms with Crippen LogP contribution in [0.5, 0.6) is 0 Å². The van der Waals surface area contributed by atoms with Gasteiger partial charge in [-0.25, -0.2) is 9.97 Å². The van der Waals surface area contributed by atoms with E-state index in [0.717, 1.165) is 74.9 Å². The van der Waals surface area contributed by atoms with E-state index in [-0.39, 0.29) is 30.5 Å². The minimum Gasteiger partial charge on any atom is -0.378 e. The summed E-state index contributed by atoms with van der Waals surface area (Å²) in [4.78, 5) is 46.0. The van der Waals surface area contributed by atoms with E-state index in [2.05, 4.69) is 25.8 Å². The summed E-state index contributed by atoms with van der Waals surface area (Å²) in [5, 5.41) is 0.397. The van der Waals surface area contributed by atoms with Gasteiger partial charge in [0.05, 0.1) is 35.2 Å². The molecule has 0 saturated carbocycles. The number of ether oxygens (including phenoxy) is 1. The van der Waals surface area contributed by atoms with Crippen LogP contribution in [0.1, 0.15) is 32.4 Å². The Morgan fingerprint density at radius 3 is 2.49 bits per heavy atom. The van der Waals surface area contributed by atoms with Crippen LogP contribution in [0.2, 0.25) is 0 Å². The first-order valence-corrected chi connectivity index (χ1v) is 14.5. The van der Waals surface area contributed by atoms with Crippen LogP contribution in [0.15, 0.2) is 35.0 Å². The van der Waals surface area contributed by atoms with Gasteiger partial charge in [0.15, 0.2) is 5.78 Å². The second-order valence-electron chi connectivity index (χ2n) is 10.5. The van der Waals surface area contributed by atoms with Gasteiger partial charge in [0.1, 0.15) is 0 Å². The van der Waals surface area contributed by atoms with Crippen LogP contribution >= 0.6 is 11.8 Å². The monoisotopic (exact) mass is 551 g/mol. The molecule has 2 N–H and O–H groups in total. The third-order valence-electron chi connectivity index (χ3n) is 7.27. The van der Waals surface area contributed by atoms with Gasteiger partial charge in [-0.1, -0.05) is 5.57 Å². The van der Waals surface area contributed by atoms with Crippen molar-refractivity contribution in [3.05, 3.63) is 35.8 Å². The van der Waals surface area contributed by atoms with Crippen molar-refractivity contribution < 1.29 is 14.3 Å². The van der Waals surface area contributed by atoms with Gasteiger partial charge in [0, 0.05) is 88.3 Å². The zero-order valence-corrected chi connectivity index (χ0v) is 23.6. The summed E-state index contributed by atoms with van der Waals surface area (Å²) >= 11 is 1.92. The normalized spacial score (nSPS) is 19.6. The van der Waals surface area contributed by atoms with Crippen molar-refractivity contribution in [3.63, 3.8) is 0 Å². The van der Waals surface area contributed by atoms with Gasteiger partial charge in [-0.05, 0) is 26.0 Å². The van der Waals surface area contributed by atoms with Crippen molar-refractivity contribution in [2.45, 2.75) is 43.3 Å². The number of nitrogens with zero attached hydrogens (tertiary/aromatic N) is 6. The smallest absolute Gasteiger partial charge is 0.223 e. The molecule has 1 unspecified atom stereocenters. The molecule has 208 valence electrons. The quantitative estimate of drug-likeness (QED) is 0.490. The number of thioether (sulfide) groups is 1. The molecule has 3 aliphatic heterocycles. The van der Waals surface area contributed by atoms with Crippen molar-refractivity contribution in [2.24, 2.45) is 0 Å². The number of nitrogens with two attached hydrogens (primary N) is 1. The maximum atomic E-state index is 12.6. The van der Waals surface area contributed by atoms with Crippen LogP contribution in [-0.4, -0.2) is 101 Å². The standard InChI is InChI=1S/C28H37N7O3S/c1-19(2)13-21(36)3-4-26(37)35-7-5-33(6-8-35)18-22-14-24-27(39-22)25(34-9-11-38-12-10-34)15-23(32-24)20-16-30-28(29)31-17-20/h13,15-17,22H,3-12,14,18H2,1-2H3,(H2,29,30,31). The van der Waals surface area contributed by atoms with Crippen molar-refractivity contribution >= 4 is 35.1 Å². The highest BCUT2D eigenvalue weighted by Gasteiger charge is 2.32. The van der Waals surface area contributed by atoms with E-state index in [0.29, 0.717) is 18.3 Å². The highest BCUT2D eigenvalue weighted by Crippen LogP contribution is 2.44. The fraction of sp³-hybridized carbons (Fsp3) is 0.536. The van der Waals surface area contributed by atoms with E-state index in [9.17, 15) is 9.59 Å². The third-order valence-corrected chi connectivity index (χ3v) is 8.60. The molecular weight excluding hydrogens is 514 g/mol. The van der Waals surface area contributed by atoms with Gasteiger partial charge in [0.25, 0.3) is 0 Å². The predicted molar refractivity (Wildman–Crippen MR) is 153 cm³/mol. The number of aromatic nitrogens is 3. The number of ketones is 1. The number of anilines is 2. The van der Waals surface area contributed by atoms with Crippen molar-refractivity contribution in [3.8, 4) is 11.3 Å². The van der Waals surface area contributed by atoms with Crippen LogP contribution in [-0.2, 0) is 20.7 Å². The number of carbonyl (C=O) groups is 2. The first-order valence-electron chi connectivity index (χ1n) is 13.6. The molecule has 0 aliphatic carbocycles. The molecule has 3 aliphatic rings. The number of pyridine rings is 1. The Balaban J connectivity index is 1.21. The van der Waals surface area contributed by atoms with Crippen molar-refractivity contribution in [1.29, 1.82) is 0 Å². The molecule has 5 heterocycles. The molecule has 1 amide bonds. The number of hydrogen-bond acceptors (Lipinski definition) is 10. The van der Waals surface area contributed by atoms with E-state index < -0.39 is 0 Å². The lowest BCUT2D eigenvalue weighted by molar-refractivity contribution is -0.134. The second-order valence-corrected chi connectivity index (χ2v) is 11.9. The summed E-state index contributed by atoms with van der Waals surface area (Å²) in [6.07, 6.45) is 6.55. The number of rotatable bonds is 8. The highest BCUT2D eigenvalue weighted by molar-refractivity contribution is 8.00. The summed E-state index contributed by atoms with van der Waals surface area (Å²) in [5.74, 6) is 0.353. The molecule has 2 aromatic heterocycles. The van der Waals surface area contributed by atoms with Gasteiger partial charge in [-0.2, -0.15) is 0 Å². The molecule has 0 radical (unpaired) electrons. The van der Waals surface area contributed by atoms with Crippen LogP contribution in [0.4, 0.5) is 11.6 Å². The zero-order valence-electron chi connectivity index (χ0n) is 22.8. The second kappa shape index (κ2) is 12.4. The average Bonchev–Trinajstić information content (AvgIpc) is 3.34. The van der Waals surface area contributed by atoms with Crippen molar-refractivity contribution in [2.75, 3.05) is 69.7 Å². The predicted octanol–water partition coefficient (Wildman–Crippen LogP) is 2.43. The van der Waals surface area contributed by atoms with Crippen LogP contribution in [0.25, 0.3) is 11.3 Å². The van der Waals surface area contributed by atoms with Gasteiger partial charge in [-0.3, -0.25) is 19.5 Å². The summed E-state index contributed by atoms with van der Waals surface area (Å²) in [6.45, 7) is 11.0. The minimum absolute atomic E-state index is 0.0250. The lowest BCUT2D eigenvalue weighted by Gasteiger charge is -2.35. The number of allylic oxidation sites excluding steroid dienone is 2. The minimum atomic E-state index is 0.0250. The Bertz CT molecular complexity index is 1220. The molecular formula is C28H37N7O3S. The SMILES string of the molecule is CC(C)=CC(=O)CCC(=O)N1CCN(CC2Cc3nc(-c4cnc(N)nc4)cc(N4CCOCC4)c3S2)CC1. The van der Waals surface area contributed by atoms with E-state index in [1.165, 1.54) is 10.6 Å². The molecule has 0 spiro atoms. The summed E-state index contributed by atoms with van der Waals surface area (Å²) in [5.41, 5.74) is 10.7. The maximum absolute atomic E-state index is 12.6. The number of piperazine rings is 1. The Hall–Kier alpha value is -3.02. The molecule has 0 bridgehead atoms. The fourth-order valence-corrected chi connectivity index (χ4v) is 6.71. The van der Waals surface area contributed by atoms with Crippen LogP contribution < -0.4 is 10.6 Å². The molecule has 2 saturated heterocycles. The lowest BCUT2D eigenvalue weighted by atomic mass is 10.1. The molecule has 0 aromatic carbocycles. The first-order chi connectivity index (χ1) is 18.9. The topological polar surface area (TPSA) is 118 Å². The largest absolute Gasteiger partial charge is 0.378 e. The van der Waals surface area contributed by atoms with Gasteiger partial charge in [0.2, 0.25) is 11.9 Å². The van der Waals surface area contributed by atoms with Crippen molar-refractivity contribution in [1.82, 2.24) is 24.8 Å². The van der Waals surface area contributed by atoms with Gasteiger partial charge >= 0.3 is 0 Å². The number of nitrogen functional groups attached to an aromatic ring is 1. The number of morpholine rings is 1. The Labute approximate surface area is 234 Å². The van der Waals surface area contributed by atoms with E-state index in [1.807, 2.05) is 30.5 Å². The van der Waals surface area contributed by atoms with Crippen LogP contribution in [0, 0.1) is 0 Å². The molecule has 10 nitrogen and oxygen atoms in total. The molecule has 2 aromatic rings. The third kappa shape index (κ3) is 6.95. The average molecular weight is 552 g/mol. The highest BCUT2D eigenvalue weighted by atomic mass is 32.2. The lowest BCUT2D eigenvalue weighted by Crippen LogP contribution is -2.50. The Morgan fingerprint density at radius 2 is 1.79 bits per heavy atom. The molecule has 1 atom stereocenters. The van der Waals surface area contributed by atoms with Gasteiger partial charge in [-0.15, -0.1) is 11.8 Å². The van der Waals surface area contributed by atoms with Crippen LogP contribution in [0.3, 0.4) is 0 Å². The summed E-state index contributed by atoms with van der Waals surface area (Å²) < 4.78 is 5.61. The zero-order chi connectivity index (χ0) is 27.4. The fourth-order valence-electron chi connectivity index (χ4n) is 5.27. The number of carbonyl (C=O) groups excluding carboxylic acids is 2. The summed E-state index contributed by atoms with van der Waals surface area (Å²) in [7, 11) is 0. The van der Waals surface area contributed by atoms with E-state index in [4.69, 9.17) is 15.5 Å². The molecule has 2 fully saturated rings.